The van der Waals surface area contributed by atoms with E-state index in [1.165, 1.54) is 10.4 Å². The van der Waals surface area contributed by atoms with E-state index in [1.807, 2.05) is 12.1 Å². The van der Waals surface area contributed by atoms with Gasteiger partial charge in [-0.25, -0.2) is 17.2 Å². The molecular formula is C23H25F2N3O3S. The van der Waals surface area contributed by atoms with Gasteiger partial charge in [0.05, 0.1) is 4.90 Å². The molecule has 1 saturated heterocycles. The van der Waals surface area contributed by atoms with Crippen molar-refractivity contribution in [2.24, 2.45) is 0 Å². The van der Waals surface area contributed by atoms with Crippen LogP contribution >= 0.6 is 0 Å². The van der Waals surface area contributed by atoms with E-state index in [2.05, 4.69) is 30.9 Å². The molecule has 170 valence electrons. The van der Waals surface area contributed by atoms with Crippen molar-refractivity contribution in [3.8, 4) is 11.4 Å². The lowest BCUT2D eigenvalue weighted by molar-refractivity contribution is 0.271. The summed E-state index contributed by atoms with van der Waals surface area (Å²) in [6.07, 6.45) is 1.05. The SMILES string of the molecule is CC(C)(C)c1ccc(S(=O)(=O)N2CCC(c3nc(-c4ccc(F)c(F)c4)no3)CC2)cc1. The molecule has 6 nitrogen and oxygen atoms in total. The molecule has 0 unspecified atom stereocenters. The minimum absolute atomic E-state index is 0.0523. The Labute approximate surface area is 186 Å². The molecule has 9 heteroatoms. The molecule has 0 saturated carbocycles. The zero-order valence-corrected chi connectivity index (χ0v) is 19.0. The van der Waals surface area contributed by atoms with E-state index in [1.54, 1.807) is 12.1 Å². The first-order valence-corrected chi connectivity index (χ1v) is 11.9. The zero-order valence-electron chi connectivity index (χ0n) is 18.2. The zero-order chi connectivity index (χ0) is 23.1. The van der Waals surface area contributed by atoms with Gasteiger partial charge in [0, 0.05) is 24.6 Å². The van der Waals surface area contributed by atoms with Crippen LogP contribution in [0.4, 0.5) is 8.78 Å². The average molecular weight is 462 g/mol. The fraction of sp³-hybridized carbons (Fsp3) is 0.391. The molecule has 2 heterocycles. The summed E-state index contributed by atoms with van der Waals surface area (Å²) in [5.41, 5.74) is 1.34. The number of nitrogens with zero attached hydrogens (tertiary/aromatic N) is 3. The molecule has 0 bridgehead atoms. The maximum atomic E-state index is 13.5. The summed E-state index contributed by atoms with van der Waals surface area (Å²) in [5.74, 6) is -1.48. The molecule has 0 amide bonds. The second kappa shape index (κ2) is 8.37. The highest BCUT2D eigenvalue weighted by Gasteiger charge is 2.32. The second-order valence-corrected chi connectivity index (χ2v) is 11.0. The fourth-order valence-corrected chi connectivity index (χ4v) is 5.24. The summed E-state index contributed by atoms with van der Waals surface area (Å²) in [6, 6.07) is 10.5. The molecule has 3 aromatic rings. The van der Waals surface area contributed by atoms with Gasteiger partial charge in [0.25, 0.3) is 0 Å². The Balaban J connectivity index is 1.44. The molecule has 4 rings (SSSR count). The van der Waals surface area contributed by atoms with Crippen LogP contribution in [0, 0.1) is 11.6 Å². The van der Waals surface area contributed by atoms with E-state index < -0.39 is 21.7 Å². The van der Waals surface area contributed by atoms with Crippen LogP contribution in [0.3, 0.4) is 0 Å². The summed E-state index contributed by atoms with van der Waals surface area (Å²) in [5, 5.41) is 3.87. The molecule has 1 aliphatic heterocycles. The first-order valence-electron chi connectivity index (χ1n) is 10.5. The van der Waals surface area contributed by atoms with Gasteiger partial charge >= 0.3 is 0 Å². The molecule has 0 spiro atoms. The Hall–Kier alpha value is -2.65. The third-order valence-electron chi connectivity index (χ3n) is 5.78. The van der Waals surface area contributed by atoms with Gasteiger partial charge in [0.1, 0.15) is 0 Å². The van der Waals surface area contributed by atoms with Crippen molar-refractivity contribution >= 4 is 10.0 Å². The van der Waals surface area contributed by atoms with Gasteiger partial charge in [-0.1, -0.05) is 38.1 Å². The molecule has 32 heavy (non-hydrogen) atoms. The molecular weight excluding hydrogens is 436 g/mol. The molecule has 1 aliphatic rings. The fourth-order valence-electron chi connectivity index (χ4n) is 3.77. The topological polar surface area (TPSA) is 76.3 Å². The Morgan fingerprint density at radius 1 is 1.00 bits per heavy atom. The van der Waals surface area contributed by atoms with Gasteiger partial charge < -0.3 is 4.52 Å². The minimum atomic E-state index is -3.59. The number of hydrogen-bond donors (Lipinski definition) is 0. The van der Waals surface area contributed by atoms with E-state index in [4.69, 9.17) is 4.52 Å². The predicted molar refractivity (Wildman–Crippen MR) is 116 cm³/mol. The Morgan fingerprint density at radius 2 is 1.66 bits per heavy atom. The number of rotatable bonds is 4. The standard InChI is InChI=1S/C23H25F2N3O3S/c1-23(2,3)17-5-7-18(8-6-17)32(29,30)28-12-10-15(11-13-28)22-26-21(27-31-22)16-4-9-19(24)20(25)14-16/h4-9,14-15H,10-13H2,1-3H3. The quantitative estimate of drug-likeness (QED) is 0.553. The number of hydrogen-bond acceptors (Lipinski definition) is 5. The maximum Gasteiger partial charge on any atom is 0.243 e. The van der Waals surface area contributed by atoms with Crippen LogP contribution < -0.4 is 0 Å². The largest absolute Gasteiger partial charge is 0.339 e. The lowest BCUT2D eigenvalue weighted by atomic mass is 9.87. The van der Waals surface area contributed by atoms with E-state index in [0.717, 1.165) is 17.7 Å². The average Bonchev–Trinajstić information content (AvgIpc) is 3.25. The maximum absolute atomic E-state index is 13.5. The first-order chi connectivity index (χ1) is 15.1. The summed E-state index contributed by atoms with van der Waals surface area (Å²) in [6.45, 7) is 6.90. The lowest BCUT2D eigenvalue weighted by Gasteiger charge is -2.29. The van der Waals surface area contributed by atoms with Crippen LogP contribution in [0.1, 0.15) is 51.0 Å². The Bertz CT molecular complexity index is 1210. The number of piperidine rings is 1. The Kier molecular flexibility index (Phi) is 5.89. The van der Waals surface area contributed by atoms with Crippen LogP contribution in [-0.2, 0) is 15.4 Å². The van der Waals surface area contributed by atoms with Crippen molar-refractivity contribution in [3.05, 3.63) is 65.6 Å². The van der Waals surface area contributed by atoms with Crippen molar-refractivity contribution < 1.29 is 21.7 Å². The summed E-state index contributed by atoms with van der Waals surface area (Å²) >= 11 is 0. The van der Waals surface area contributed by atoms with Crippen molar-refractivity contribution in [2.75, 3.05) is 13.1 Å². The first kappa shape index (κ1) is 22.5. The van der Waals surface area contributed by atoms with E-state index in [0.29, 0.717) is 37.4 Å². The van der Waals surface area contributed by atoms with Gasteiger partial charge in [-0.05, 0) is 54.2 Å². The molecule has 0 radical (unpaired) electrons. The lowest BCUT2D eigenvalue weighted by Crippen LogP contribution is -2.38. The molecule has 1 aromatic heterocycles. The second-order valence-electron chi connectivity index (χ2n) is 9.04. The van der Waals surface area contributed by atoms with Gasteiger partial charge in [-0.15, -0.1) is 0 Å². The monoisotopic (exact) mass is 461 g/mol. The molecule has 0 aliphatic carbocycles. The van der Waals surface area contributed by atoms with Gasteiger partial charge in [0.15, 0.2) is 11.6 Å². The molecule has 1 fully saturated rings. The van der Waals surface area contributed by atoms with Crippen molar-refractivity contribution in [3.63, 3.8) is 0 Å². The Morgan fingerprint density at radius 3 is 2.25 bits per heavy atom. The van der Waals surface area contributed by atoms with Crippen molar-refractivity contribution in [2.45, 2.75) is 49.8 Å². The van der Waals surface area contributed by atoms with Crippen LogP contribution in [0.2, 0.25) is 0 Å². The normalized spacial score (nSPS) is 16.4. The van der Waals surface area contributed by atoms with Gasteiger partial charge in [-0.3, -0.25) is 0 Å². The molecule has 0 N–H and O–H groups in total. The summed E-state index contributed by atoms with van der Waals surface area (Å²) in [4.78, 5) is 4.60. The minimum Gasteiger partial charge on any atom is -0.339 e. The number of halogens is 2. The number of sulfonamides is 1. The summed E-state index contributed by atoms with van der Waals surface area (Å²) in [7, 11) is -3.59. The van der Waals surface area contributed by atoms with Crippen LogP contribution in [0.5, 0.6) is 0 Å². The molecule has 0 atom stereocenters. The van der Waals surface area contributed by atoms with Crippen LogP contribution in [0.15, 0.2) is 51.9 Å². The smallest absolute Gasteiger partial charge is 0.243 e. The highest BCUT2D eigenvalue weighted by molar-refractivity contribution is 7.89. The number of aromatic nitrogens is 2. The molecule has 2 aromatic carbocycles. The highest BCUT2D eigenvalue weighted by Crippen LogP contribution is 2.32. The van der Waals surface area contributed by atoms with E-state index in [9.17, 15) is 17.2 Å². The van der Waals surface area contributed by atoms with Crippen molar-refractivity contribution in [1.29, 1.82) is 0 Å². The van der Waals surface area contributed by atoms with Gasteiger partial charge in [-0.2, -0.15) is 9.29 Å². The predicted octanol–water partition coefficient (Wildman–Crippen LogP) is 4.88. The number of benzene rings is 2. The highest BCUT2D eigenvalue weighted by atomic mass is 32.2. The van der Waals surface area contributed by atoms with Crippen LogP contribution in [0.25, 0.3) is 11.4 Å². The van der Waals surface area contributed by atoms with Crippen LogP contribution in [-0.4, -0.2) is 36.0 Å². The third-order valence-corrected chi connectivity index (χ3v) is 7.69. The van der Waals surface area contributed by atoms with E-state index >= 15 is 0 Å². The van der Waals surface area contributed by atoms with Crippen molar-refractivity contribution in [1.82, 2.24) is 14.4 Å². The van der Waals surface area contributed by atoms with E-state index in [-0.39, 0.29) is 22.1 Å². The van der Waals surface area contributed by atoms with Gasteiger partial charge in [0.2, 0.25) is 21.7 Å². The third kappa shape index (κ3) is 4.45. The summed E-state index contributed by atoms with van der Waals surface area (Å²) < 4.78 is 59.5.